The van der Waals surface area contributed by atoms with Crippen molar-refractivity contribution in [2.75, 3.05) is 0 Å². The average Bonchev–Trinajstić information content (AvgIpc) is 2.20. The van der Waals surface area contributed by atoms with Gasteiger partial charge in [-0.05, 0) is 36.5 Å². The summed E-state index contributed by atoms with van der Waals surface area (Å²) < 4.78 is 0. The summed E-state index contributed by atoms with van der Waals surface area (Å²) in [7, 11) is 0. The molecule has 0 aliphatic heterocycles. The molecular weight excluding hydrogens is 170 g/mol. The van der Waals surface area contributed by atoms with Crippen LogP contribution in [0.3, 0.4) is 0 Å². The fraction of sp³-hybridized carbons (Fsp3) is 0.538. The highest BCUT2D eigenvalue weighted by molar-refractivity contribution is 5.31. The summed E-state index contributed by atoms with van der Waals surface area (Å²) >= 11 is 0. The molecule has 0 aliphatic carbocycles. The van der Waals surface area contributed by atoms with Gasteiger partial charge in [0.2, 0.25) is 0 Å². The lowest BCUT2D eigenvalue weighted by Gasteiger charge is -2.19. The minimum Gasteiger partial charge on any atom is -0.324 e. The third-order valence-corrected chi connectivity index (χ3v) is 3.17. The molecule has 1 aromatic carbocycles. The molecule has 0 heterocycles. The molecular formula is C13H21N. The second-order valence-electron chi connectivity index (χ2n) is 4.26. The number of benzene rings is 1. The molecule has 1 nitrogen and oxygen atoms in total. The molecule has 1 heteroatoms. The predicted molar refractivity (Wildman–Crippen MR) is 62.3 cm³/mol. The zero-order chi connectivity index (χ0) is 10.7. The SMILES string of the molecule is CCC(C)[C@@H](N)c1ccc(C)c(C)c1. The Morgan fingerprint density at radius 1 is 1.21 bits per heavy atom. The lowest BCUT2D eigenvalue weighted by atomic mass is 9.91. The van der Waals surface area contributed by atoms with Crippen LogP contribution in [0.1, 0.15) is 43.0 Å². The van der Waals surface area contributed by atoms with Crippen molar-refractivity contribution in [3.05, 3.63) is 34.9 Å². The summed E-state index contributed by atoms with van der Waals surface area (Å²) in [4.78, 5) is 0. The van der Waals surface area contributed by atoms with Gasteiger partial charge < -0.3 is 5.73 Å². The van der Waals surface area contributed by atoms with E-state index < -0.39 is 0 Å². The molecule has 1 rings (SSSR count). The van der Waals surface area contributed by atoms with Crippen molar-refractivity contribution in [3.8, 4) is 0 Å². The summed E-state index contributed by atoms with van der Waals surface area (Å²) in [6.45, 7) is 8.67. The first kappa shape index (κ1) is 11.3. The number of aryl methyl sites for hydroxylation is 2. The monoisotopic (exact) mass is 191 g/mol. The van der Waals surface area contributed by atoms with E-state index in [4.69, 9.17) is 5.73 Å². The normalized spacial score (nSPS) is 15.2. The highest BCUT2D eigenvalue weighted by atomic mass is 14.6. The van der Waals surface area contributed by atoms with E-state index in [0.29, 0.717) is 5.92 Å². The Hall–Kier alpha value is -0.820. The molecule has 0 bridgehead atoms. The maximum absolute atomic E-state index is 6.17. The molecule has 0 aliphatic rings. The van der Waals surface area contributed by atoms with E-state index in [1.165, 1.54) is 16.7 Å². The Morgan fingerprint density at radius 2 is 1.86 bits per heavy atom. The molecule has 0 aromatic heterocycles. The molecule has 1 unspecified atom stereocenters. The van der Waals surface area contributed by atoms with Gasteiger partial charge in [0, 0.05) is 6.04 Å². The van der Waals surface area contributed by atoms with Gasteiger partial charge in [0.25, 0.3) is 0 Å². The van der Waals surface area contributed by atoms with Gasteiger partial charge in [-0.25, -0.2) is 0 Å². The first-order valence-corrected chi connectivity index (χ1v) is 5.39. The fourth-order valence-corrected chi connectivity index (χ4v) is 1.55. The Morgan fingerprint density at radius 3 is 2.36 bits per heavy atom. The molecule has 0 saturated carbocycles. The van der Waals surface area contributed by atoms with Crippen LogP contribution >= 0.6 is 0 Å². The molecule has 1 aromatic rings. The van der Waals surface area contributed by atoms with E-state index in [0.717, 1.165) is 6.42 Å². The minimum atomic E-state index is 0.180. The van der Waals surface area contributed by atoms with Gasteiger partial charge in [-0.2, -0.15) is 0 Å². The molecule has 0 fully saturated rings. The summed E-state index contributed by atoms with van der Waals surface area (Å²) in [5, 5.41) is 0. The van der Waals surface area contributed by atoms with Crippen molar-refractivity contribution in [1.82, 2.24) is 0 Å². The van der Waals surface area contributed by atoms with Crippen LogP contribution in [0.2, 0.25) is 0 Å². The van der Waals surface area contributed by atoms with Gasteiger partial charge in [-0.1, -0.05) is 38.5 Å². The molecule has 0 saturated heterocycles. The number of nitrogens with two attached hydrogens (primary N) is 1. The van der Waals surface area contributed by atoms with Crippen LogP contribution in [0.15, 0.2) is 18.2 Å². The topological polar surface area (TPSA) is 26.0 Å². The van der Waals surface area contributed by atoms with E-state index in [2.05, 4.69) is 45.9 Å². The Labute approximate surface area is 87.3 Å². The third kappa shape index (κ3) is 2.36. The second-order valence-corrected chi connectivity index (χ2v) is 4.26. The van der Waals surface area contributed by atoms with Crippen molar-refractivity contribution in [1.29, 1.82) is 0 Å². The maximum atomic E-state index is 6.17. The van der Waals surface area contributed by atoms with Gasteiger partial charge in [-0.3, -0.25) is 0 Å². The van der Waals surface area contributed by atoms with E-state index in [9.17, 15) is 0 Å². The molecule has 14 heavy (non-hydrogen) atoms. The van der Waals surface area contributed by atoms with Crippen molar-refractivity contribution < 1.29 is 0 Å². The van der Waals surface area contributed by atoms with E-state index >= 15 is 0 Å². The first-order chi connectivity index (χ1) is 6.56. The summed E-state index contributed by atoms with van der Waals surface area (Å²) in [6, 6.07) is 6.71. The minimum absolute atomic E-state index is 0.180. The Kier molecular flexibility index (Phi) is 3.70. The van der Waals surface area contributed by atoms with Crippen molar-refractivity contribution in [2.45, 2.75) is 40.2 Å². The smallest absolute Gasteiger partial charge is 0.0320 e. The van der Waals surface area contributed by atoms with Crippen molar-refractivity contribution in [2.24, 2.45) is 11.7 Å². The van der Waals surface area contributed by atoms with Gasteiger partial charge in [0.05, 0.1) is 0 Å². The largest absolute Gasteiger partial charge is 0.324 e. The molecule has 78 valence electrons. The number of hydrogen-bond acceptors (Lipinski definition) is 1. The fourth-order valence-electron chi connectivity index (χ4n) is 1.55. The molecule has 0 spiro atoms. The van der Waals surface area contributed by atoms with Crippen LogP contribution in [0, 0.1) is 19.8 Å². The zero-order valence-corrected chi connectivity index (χ0v) is 9.67. The van der Waals surface area contributed by atoms with Crippen LogP contribution in [-0.4, -0.2) is 0 Å². The molecule has 0 amide bonds. The predicted octanol–water partition coefficient (Wildman–Crippen LogP) is 3.35. The van der Waals surface area contributed by atoms with Crippen molar-refractivity contribution >= 4 is 0 Å². The zero-order valence-electron chi connectivity index (χ0n) is 9.67. The third-order valence-electron chi connectivity index (χ3n) is 3.17. The van der Waals surface area contributed by atoms with E-state index in [1.54, 1.807) is 0 Å². The average molecular weight is 191 g/mol. The Bertz CT molecular complexity index is 304. The van der Waals surface area contributed by atoms with Crippen LogP contribution < -0.4 is 5.73 Å². The van der Waals surface area contributed by atoms with Gasteiger partial charge >= 0.3 is 0 Å². The van der Waals surface area contributed by atoms with E-state index in [1.807, 2.05) is 0 Å². The quantitative estimate of drug-likeness (QED) is 0.779. The van der Waals surface area contributed by atoms with Crippen LogP contribution in [0.5, 0.6) is 0 Å². The van der Waals surface area contributed by atoms with Gasteiger partial charge in [0.15, 0.2) is 0 Å². The van der Waals surface area contributed by atoms with Crippen LogP contribution in [0.4, 0.5) is 0 Å². The molecule has 2 atom stereocenters. The van der Waals surface area contributed by atoms with Gasteiger partial charge in [0.1, 0.15) is 0 Å². The summed E-state index contributed by atoms with van der Waals surface area (Å²) in [6.07, 6.45) is 1.13. The highest BCUT2D eigenvalue weighted by Gasteiger charge is 2.13. The van der Waals surface area contributed by atoms with Gasteiger partial charge in [-0.15, -0.1) is 0 Å². The van der Waals surface area contributed by atoms with Crippen LogP contribution in [-0.2, 0) is 0 Å². The number of rotatable bonds is 3. The lowest BCUT2D eigenvalue weighted by molar-refractivity contribution is 0.456. The standard InChI is InChI=1S/C13H21N/c1-5-9(2)13(14)12-7-6-10(3)11(4)8-12/h6-9,13H,5,14H2,1-4H3/t9?,13-/m1/s1. The first-order valence-electron chi connectivity index (χ1n) is 5.39. The maximum Gasteiger partial charge on any atom is 0.0320 e. The van der Waals surface area contributed by atoms with Crippen molar-refractivity contribution in [3.63, 3.8) is 0 Å². The van der Waals surface area contributed by atoms with E-state index in [-0.39, 0.29) is 6.04 Å². The summed E-state index contributed by atoms with van der Waals surface area (Å²) in [5.41, 5.74) is 10.1. The molecule has 2 N–H and O–H groups in total. The summed E-state index contributed by atoms with van der Waals surface area (Å²) in [5.74, 6) is 0.553. The van der Waals surface area contributed by atoms with Crippen LogP contribution in [0.25, 0.3) is 0 Å². The lowest BCUT2D eigenvalue weighted by Crippen LogP contribution is -2.18. The molecule has 0 radical (unpaired) electrons. The number of hydrogen-bond donors (Lipinski definition) is 1. The Balaban J connectivity index is 2.91. The second kappa shape index (κ2) is 4.61. The highest BCUT2D eigenvalue weighted by Crippen LogP contribution is 2.23.